The van der Waals surface area contributed by atoms with Crippen molar-refractivity contribution in [2.45, 2.75) is 39.2 Å². The Balaban J connectivity index is 1.71. The molecular weight excluding hydrogens is 390 g/mol. The van der Waals surface area contributed by atoms with Crippen molar-refractivity contribution in [3.05, 3.63) is 83.0 Å². The molecular formula is C25H25N3O3. The van der Waals surface area contributed by atoms with Gasteiger partial charge in [0, 0.05) is 23.9 Å². The number of aromatic nitrogens is 3. The smallest absolute Gasteiger partial charge is 0.306 e. The summed E-state index contributed by atoms with van der Waals surface area (Å²) in [4.78, 5) is 31.9. The molecule has 158 valence electrons. The van der Waals surface area contributed by atoms with Gasteiger partial charge in [-0.1, -0.05) is 42.5 Å². The van der Waals surface area contributed by atoms with E-state index in [2.05, 4.69) is 9.97 Å². The molecule has 0 atom stereocenters. The number of ether oxygens (including phenoxy) is 1. The minimum atomic E-state index is -0.494. The number of H-pyrrole nitrogens is 1. The van der Waals surface area contributed by atoms with Crippen LogP contribution in [0.25, 0.3) is 27.8 Å². The molecule has 0 aliphatic rings. The second-order valence-corrected chi connectivity index (χ2v) is 8.47. The van der Waals surface area contributed by atoms with Crippen LogP contribution in [0.5, 0.6) is 0 Å². The number of esters is 1. The Bertz CT molecular complexity index is 1280. The molecule has 2 heterocycles. The molecule has 0 radical (unpaired) electrons. The van der Waals surface area contributed by atoms with Gasteiger partial charge in [0.25, 0.3) is 5.56 Å². The normalized spacial score (nSPS) is 11.6. The van der Waals surface area contributed by atoms with Gasteiger partial charge in [-0.15, -0.1) is 0 Å². The third-order valence-corrected chi connectivity index (χ3v) is 4.90. The van der Waals surface area contributed by atoms with E-state index >= 15 is 0 Å². The van der Waals surface area contributed by atoms with Gasteiger partial charge in [0.1, 0.15) is 5.60 Å². The highest BCUT2D eigenvalue weighted by atomic mass is 16.6. The lowest BCUT2D eigenvalue weighted by molar-refractivity contribution is -0.154. The van der Waals surface area contributed by atoms with Gasteiger partial charge < -0.3 is 14.3 Å². The Morgan fingerprint density at radius 3 is 2.61 bits per heavy atom. The number of nitrogens with one attached hydrogen (secondary N) is 1. The van der Waals surface area contributed by atoms with E-state index in [0.717, 1.165) is 22.4 Å². The number of carbonyl (C=O) groups excluding carboxylic acids is 1. The van der Waals surface area contributed by atoms with Gasteiger partial charge in [-0.05, 0) is 50.5 Å². The predicted molar refractivity (Wildman–Crippen MR) is 121 cm³/mol. The van der Waals surface area contributed by atoms with Crippen LogP contribution in [0.4, 0.5) is 0 Å². The van der Waals surface area contributed by atoms with Crippen LogP contribution in [0.2, 0.25) is 0 Å². The lowest BCUT2D eigenvalue weighted by Crippen LogP contribution is -2.24. The van der Waals surface area contributed by atoms with Gasteiger partial charge in [-0.3, -0.25) is 9.59 Å². The fourth-order valence-electron chi connectivity index (χ4n) is 3.61. The molecule has 2 aromatic carbocycles. The molecule has 2 aromatic heterocycles. The van der Waals surface area contributed by atoms with Crippen molar-refractivity contribution < 1.29 is 9.53 Å². The Labute approximate surface area is 180 Å². The summed E-state index contributed by atoms with van der Waals surface area (Å²) in [6, 6.07) is 17.7. The van der Waals surface area contributed by atoms with Crippen LogP contribution in [0.1, 0.15) is 32.8 Å². The average Bonchev–Trinajstić information content (AvgIpc) is 3.13. The van der Waals surface area contributed by atoms with Crippen LogP contribution in [-0.4, -0.2) is 26.1 Å². The largest absolute Gasteiger partial charge is 0.460 e. The minimum Gasteiger partial charge on any atom is -0.460 e. The number of hydrogen-bond acceptors (Lipinski definition) is 4. The van der Waals surface area contributed by atoms with Crippen LogP contribution in [0.3, 0.4) is 0 Å². The maximum absolute atomic E-state index is 12.7. The van der Waals surface area contributed by atoms with E-state index in [-0.39, 0.29) is 11.5 Å². The van der Waals surface area contributed by atoms with E-state index in [1.165, 1.54) is 6.33 Å². The SMILES string of the molecule is CC(C)(C)OC(=O)CCc1cccc(-c2cn(-c3ccccc3)c3nc[nH]c(=O)c23)c1. The van der Waals surface area contributed by atoms with Crippen molar-refractivity contribution >= 4 is 17.0 Å². The van der Waals surface area contributed by atoms with Crippen molar-refractivity contribution in [2.24, 2.45) is 0 Å². The molecule has 4 aromatic rings. The van der Waals surface area contributed by atoms with Gasteiger partial charge in [0.15, 0.2) is 5.65 Å². The quantitative estimate of drug-likeness (QED) is 0.481. The monoisotopic (exact) mass is 415 g/mol. The number of nitrogens with zero attached hydrogens (tertiary/aromatic N) is 2. The number of benzene rings is 2. The van der Waals surface area contributed by atoms with E-state index in [9.17, 15) is 9.59 Å². The summed E-state index contributed by atoms with van der Waals surface area (Å²) in [7, 11) is 0. The highest BCUT2D eigenvalue weighted by molar-refractivity contribution is 5.94. The summed E-state index contributed by atoms with van der Waals surface area (Å²) in [6.07, 6.45) is 4.23. The molecule has 1 N–H and O–H groups in total. The fourth-order valence-corrected chi connectivity index (χ4v) is 3.61. The first-order valence-corrected chi connectivity index (χ1v) is 10.3. The van der Waals surface area contributed by atoms with E-state index in [1.54, 1.807) is 0 Å². The highest BCUT2D eigenvalue weighted by Crippen LogP contribution is 2.30. The first kappa shape index (κ1) is 20.6. The number of aromatic amines is 1. The highest BCUT2D eigenvalue weighted by Gasteiger charge is 2.18. The van der Waals surface area contributed by atoms with Crippen molar-refractivity contribution in [1.29, 1.82) is 0 Å². The van der Waals surface area contributed by atoms with Gasteiger partial charge in [0.2, 0.25) is 0 Å². The minimum absolute atomic E-state index is 0.186. The molecule has 31 heavy (non-hydrogen) atoms. The van der Waals surface area contributed by atoms with Crippen molar-refractivity contribution in [3.8, 4) is 16.8 Å². The second kappa shape index (κ2) is 8.22. The number of carbonyl (C=O) groups is 1. The van der Waals surface area contributed by atoms with Gasteiger partial charge in [-0.2, -0.15) is 0 Å². The van der Waals surface area contributed by atoms with E-state index in [4.69, 9.17) is 4.74 Å². The number of rotatable bonds is 5. The van der Waals surface area contributed by atoms with E-state index in [1.807, 2.05) is 86.1 Å². The van der Waals surface area contributed by atoms with Crippen LogP contribution in [-0.2, 0) is 16.0 Å². The summed E-state index contributed by atoms with van der Waals surface area (Å²) < 4.78 is 7.33. The van der Waals surface area contributed by atoms with Crippen molar-refractivity contribution in [3.63, 3.8) is 0 Å². The van der Waals surface area contributed by atoms with Gasteiger partial charge >= 0.3 is 5.97 Å². The molecule has 6 nitrogen and oxygen atoms in total. The van der Waals surface area contributed by atoms with E-state index < -0.39 is 5.60 Å². The Kier molecular flexibility index (Phi) is 5.46. The predicted octanol–water partition coefficient (Wildman–Crippen LogP) is 4.66. The summed E-state index contributed by atoms with van der Waals surface area (Å²) in [6.45, 7) is 5.58. The molecule has 0 fully saturated rings. The summed E-state index contributed by atoms with van der Waals surface area (Å²) >= 11 is 0. The lowest BCUT2D eigenvalue weighted by atomic mass is 10.0. The van der Waals surface area contributed by atoms with Crippen molar-refractivity contribution in [1.82, 2.24) is 14.5 Å². The van der Waals surface area contributed by atoms with Crippen LogP contribution < -0.4 is 5.56 Å². The number of fused-ring (bicyclic) bond motifs is 1. The van der Waals surface area contributed by atoms with Crippen LogP contribution >= 0.6 is 0 Å². The van der Waals surface area contributed by atoms with Crippen LogP contribution in [0, 0.1) is 0 Å². The fraction of sp³-hybridized carbons (Fsp3) is 0.240. The molecule has 0 spiro atoms. The molecule has 0 aliphatic heterocycles. The first-order valence-electron chi connectivity index (χ1n) is 10.3. The van der Waals surface area contributed by atoms with Gasteiger partial charge in [0.05, 0.1) is 11.7 Å². The number of aryl methyl sites for hydroxylation is 1. The summed E-state index contributed by atoms with van der Waals surface area (Å²) in [5.41, 5.74) is 3.55. The van der Waals surface area contributed by atoms with Crippen LogP contribution in [0.15, 0.2) is 71.9 Å². The molecule has 0 aliphatic carbocycles. The number of hydrogen-bond donors (Lipinski definition) is 1. The topological polar surface area (TPSA) is 77.0 Å². The molecule has 0 bridgehead atoms. The molecule has 0 unspecified atom stereocenters. The zero-order valence-electron chi connectivity index (χ0n) is 17.9. The molecule has 6 heteroatoms. The first-order chi connectivity index (χ1) is 14.8. The Morgan fingerprint density at radius 1 is 1.10 bits per heavy atom. The second-order valence-electron chi connectivity index (χ2n) is 8.47. The van der Waals surface area contributed by atoms with E-state index in [0.29, 0.717) is 23.9 Å². The number of para-hydroxylation sites is 1. The lowest BCUT2D eigenvalue weighted by Gasteiger charge is -2.19. The molecule has 4 rings (SSSR count). The Hall–Kier alpha value is -3.67. The summed E-state index contributed by atoms with van der Waals surface area (Å²) in [5, 5.41) is 0.538. The average molecular weight is 415 g/mol. The zero-order valence-corrected chi connectivity index (χ0v) is 17.9. The standard InChI is InChI=1S/C25H25N3O3/c1-25(2,3)31-21(29)13-12-17-8-7-9-18(14-17)20-15-28(19-10-5-4-6-11-19)23-22(20)24(30)27-16-26-23/h4-11,14-16H,12-13H2,1-3H3,(H,26,27,30). The molecule has 0 amide bonds. The van der Waals surface area contributed by atoms with Gasteiger partial charge in [-0.25, -0.2) is 4.98 Å². The van der Waals surface area contributed by atoms with Crippen molar-refractivity contribution in [2.75, 3.05) is 0 Å². The zero-order chi connectivity index (χ0) is 22.0. The molecule has 0 saturated carbocycles. The summed E-state index contributed by atoms with van der Waals surface area (Å²) in [5.74, 6) is -0.223. The Morgan fingerprint density at radius 2 is 1.87 bits per heavy atom. The molecule has 0 saturated heterocycles. The maximum Gasteiger partial charge on any atom is 0.306 e. The third-order valence-electron chi connectivity index (χ3n) is 4.90. The third kappa shape index (κ3) is 4.58. The maximum atomic E-state index is 12.7.